The molecule has 29 heavy (non-hydrogen) atoms. The van der Waals surface area contributed by atoms with Crippen LogP contribution in [0.15, 0.2) is 47.4 Å². The third kappa shape index (κ3) is 2.90. The maximum Gasteiger partial charge on any atom is 0.263 e. The van der Waals surface area contributed by atoms with Crippen LogP contribution in [0.2, 0.25) is 5.02 Å². The fraction of sp³-hybridized carbons (Fsp3) is 0.318. The van der Waals surface area contributed by atoms with E-state index in [1.807, 2.05) is 24.3 Å². The van der Waals surface area contributed by atoms with Crippen LogP contribution in [0.1, 0.15) is 29.7 Å². The molecule has 0 N–H and O–H groups in total. The van der Waals surface area contributed by atoms with Crippen LogP contribution in [0.5, 0.6) is 5.75 Å². The first kappa shape index (κ1) is 18.2. The summed E-state index contributed by atoms with van der Waals surface area (Å²) in [5, 5.41) is 0.474. The number of nitrogens with zero attached hydrogens (tertiary/aromatic N) is 3. The van der Waals surface area contributed by atoms with Crippen molar-refractivity contribution < 1.29 is 9.53 Å². The molecule has 5 rings (SSSR count). The van der Waals surface area contributed by atoms with Gasteiger partial charge >= 0.3 is 0 Å². The van der Waals surface area contributed by atoms with Gasteiger partial charge in [-0.2, -0.15) is 0 Å². The van der Waals surface area contributed by atoms with Crippen molar-refractivity contribution in [2.24, 2.45) is 0 Å². The molecule has 1 saturated carbocycles. The van der Waals surface area contributed by atoms with Crippen LogP contribution in [-0.2, 0) is 23.2 Å². The van der Waals surface area contributed by atoms with Crippen LogP contribution in [0.4, 0.5) is 0 Å². The van der Waals surface area contributed by atoms with Crippen molar-refractivity contribution >= 4 is 23.2 Å². The standard InChI is InChI=1S/C22H20ClN3O3/c1-29-16-5-2-14(3-6-16)22(9-10-22)21(28)25-11-8-18-17(13-25)20(27)26-12-15(23)4-7-19(26)24-18/h2-7,12H,8-11,13H2,1H3. The van der Waals surface area contributed by atoms with Gasteiger partial charge in [0.05, 0.1) is 35.3 Å². The van der Waals surface area contributed by atoms with E-state index in [1.165, 1.54) is 4.40 Å². The molecule has 0 saturated heterocycles. The molecule has 0 atom stereocenters. The highest BCUT2D eigenvalue weighted by Crippen LogP contribution is 2.50. The van der Waals surface area contributed by atoms with Crippen LogP contribution in [0, 0.1) is 0 Å². The summed E-state index contributed by atoms with van der Waals surface area (Å²) < 4.78 is 6.69. The number of pyridine rings is 1. The third-order valence-corrected chi connectivity index (χ3v) is 6.25. The van der Waals surface area contributed by atoms with Crippen molar-refractivity contribution in [1.82, 2.24) is 14.3 Å². The van der Waals surface area contributed by atoms with Gasteiger partial charge in [0, 0.05) is 19.2 Å². The highest BCUT2D eigenvalue weighted by Gasteiger charge is 2.53. The largest absolute Gasteiger partial charge is 0.497 e. The minimum absolute atomic E-state index is 0.0870. The van der Waals surface area contributed by atoms with Gasteiger partial charge in [-0.25, -0.2) is 4.98 Å². The Hall–Kier alpha value is -2.86. The molecule has 148 valence electrons. The number of fused-ring (bicyclic) bond motifs is 2. The number of amides is 1. The zero-order chi connectivity index (χ0) is 20.2. The third-order valence-electron chi connectivity index (χ3n) is 6.02. The summed E-state index contributed by atoms with van der Waals surface area (Å²) in [4.78, 5) is 32.9. The molecule has 3 heterocycles. The van der Waals surface area contributed by atoms with E-state index in [2.05, 4.69) is 4.98 Å². The van der Waals surface area contributed by atoms with Gasteiger partial charge < -0.3 is 9.64 Å². The molecule has 2 aliphatic rings. The molecule has 1 aliphatic carbocycles. The Bertz CT molecular complexity index is 1180. The molecular weight excluding hydrogens is 390 g/mol. The van der Waals surface area contributed by atoms with E-state index in [-0.39, 0.29) is 18.0 Å². The lowest BCUT2D eigenvalue weighted by atomic mass is 9.93. The van der Waals surface area contributed by atoms with Crippen molar-refractivity contribution in [2.45, 2.75) is 31.2 Å². The van der Waals surface area contributed by atoms with Crippen molar-refractivity contribution in [1.29, 1.82) is 0 Å². The number of ether oxygens (including phenoxy) is 1. The lowest BCUT2D eigenvalue weighted by Crippen LogP contribution is -2.44. The smallest absolute Gasteiger partial charge is 0.263 e. The quantitative estimate of drug-likeness (QED) is 0.667. The summed E-state index contributed by atoms with van der Waals surface area (Å²) in [5.41, 5.74) is 2.31. The average Bonchev–Trinajstić information content (AvgIpc) is 3.56. The first-order valence-electron chi connectivity index (χ1n) is 9.65. The first-order valence-corrected chi connectivity index (χ1v) is 10.0. The second-order valence-electron chi connectivity index (χ2n) is 7.71. The van der Waals surface area contributed by atoms with Crippen molar-refractivity contribution in [3.05, 3.63) is 74.8 Å². The number of methoxy groups -OCH3 is 1. The molecule has 0 radical (unpaired) electrons. The number of rotatable bonds is 3. The van der Waals surface area contributed by atoms with E-state index >= 15 is 0 Å². The first-order chi connectivity index (χ1) is 14.0. The van der Waals surface area contributed by atoms with E-state index in [9.17, 15) is 9.59 Å². The Morgan fingerprint density at radius 3 is 2.62 bits per heavy atom. The Labute approximate surface area is 172 Å². The minimum atomic E-state index is -0.479. The molecule has 1 aromatic carbocycles. The molecule has 6 nitrogen and oxygen atoms in total. The molecule has 0 bridgehead atoms. The van der Waals surface area contributed by atoms with Gasteiger partial charge in [0.15, 0.2) is 0 Å². The number of carbonyl (C=O) groups excluding carboxylic acids is 1. The molecule has 1 aliphatic heterocycles. The molecule has 1 fully saturated rings. The monoisotopic (exact) mass is 409 g/mol. The van der Waals surface area contributed by atoms with Crippen LogP contribution in [-0.4, -0.2) is 33.8 Å². The zero-order valence-corrected chi connectivity index (χ0v) is 16.8. The SMILES string of the molecule is COc1ccc(C2(C(=O)N3CCc4nc5ccc(Cl)cn5c(=O)c4C3)CC2)cc1. The summed E-state index contributed by atoms with van der Waals surface area (Å²) in [6.45, 7) is 0.854. The maximum atomic E-state index is 13.4. The van der Waals surface area contributed by atoms with E-state index in [4.69, 9.17) is 16.3 Å². The van der Waals surface area contributed by atoms with E-state index in [1.54, 1.807) is 30.3 Å². The van der Waals surface area contributed by atoms with Gasteiger partial charge in [-0.05, 0) is 42.7 Å². The Kier molecular flexibility index (Phi) is 4.13. The highest BCUT2D eigenvalue weighted by atomic mass is 35.5. The van der Waals surface area contributed by atoms with Crippen LogP contribution >= 0.6 is 11.6 Å². The van der Waals surface area contributed by atoms with Crippen molar-refractivity contribution in [2.75, 3.05) is 13.7 Å². The lowest BCUT2D eigenvalue weighted by molar-refractivity contribution is -0.135. The predicted molar refractivity (Wildman–Crippen MR) is 109 cm³/mol. The summed E-state index contributed by atoms with van der Waals surface area (Å²) in [7, 11) is 1.63. The molecule has 0 spiro atoms. The van der Waals surface area contributed by atoms with E-state index in [0.29, 0.717) is 29.2 Å². The Balaban J connectivity index is 1.47. The number of aromatic nitrogens is 2. The second-order valence-corrected chi connectivity index (χ2v) is 8.14. The zero-order valence-electron chi connectivity index (χ0n) is 16.0. The fourth-order valence-electron chi connectivity index (χ4n) is 4.21. The van der Waals surface area contributed by atoms with Gasteiger partial charge in [-0.3, -0.25) is 14.0 Å². The molecular formula is C22H20ClN3O3. The van der Waals surface area contributed by atoms with Crippen molar-refractivity contribution in [3.63, 3.8) is 0 Å². The summed E-state index contributed by atoms with van der Waals surface area (Å²) in [5.74, 6) is 0.859. The summed E-state index contributed by atoms with van der Waals surface area (Å²) in [6.07, 6.45) is 3.80. The van der Waals surface area contributed by atoms with Crippen LogP contribution < -0.4 is 10.3 Å². The van der Waals surface area contributed by atoms with E-state index in [0.717, 1.165) is 29.8 Å². The number of benzene rings is 1. The fourth-order valence-corrected chi connectivity index (χ4v) is 4.37. The van der Waals surface area contributed by atoms with Gasteiger partial charge in [0.2, 0.25) is 5.91 Å². The Morgan fingerprint density at radius 2 is 1.93 bits per heavy atom. The minimum Gasteiger partial charge on any atom is -0.497 e. The summed E-state index contributed by atoms with van der Waals surface area (Å²) >= 11 is 6.05. The number of halogens is 1. The average molecular weight is 410 g/mol. The van der Waals surface area contributed by atoms with Gasteiger partial charge in [0.1, 0.15) is 11.4 Å². The number of hydrogen-bond donors (Lipinski definition) is 0. The van der Waals surface area contributed by atoms with Crippen molar-refractivity contribution in [3.8, 4) is 5.75 Å². The lowest BCUT2D eigenvalue weighted by Gasteiger charge is -2.31. The second kappa shape index (κ2) is 6.59. The van der Waals surface area contributed by atoms with Crippen LogP contribution in [0.3, 0.4) is 0 Å². The van der Waals surface area contributed by atoms with Gasteiger partial charge in [-0.1, -0.05) is 23.7 Å². The molecule has 2 aromatic heterocycles. The van der Waals surface area contributed by atoms with E-state index < -0.39 is 5.41 Å². The van der Waals surface area contributed by atoms with Gasteiger partial charge in [0.25, 0.3) is 5.56 Å². The predicted octanol–water partition coefficient (Wildman–Crippen LogP) is 2.97. The normalized spacial score (nSPS) is 17.1. The number of hydrogen-bond acceptors (Lipinski definition) is 4. The Morgan fingerprint density at radius 1 is 1.17 bits per heavy atom. The number of carbonyl (C=O) groups is 1. The van der Waals surface area contributed by atoms with Gasteiger partial charge in [-0.15, -0.1) is 0 Å². The molecule has 0 unspecified atom stereocenters. The maximum absolute atomic E-state index is 13.4. The summed E-state index contributed by atoms with van der Waals surface area (Å²) in [6, 6.07) is 11.2. The van der Waals surface area contributed by atoms with Crippen LogP contribution in [0.25, 0.3) is 5.65 Å². The molecule has 3 aromatic rings. The highest BCUT2D eigenvalue weighted by molar-refractivity contribution is 6.30. The molecule has 7 heteroatoms. The molecule has 1 amide bonds. The topological polar surface area (TPSA) is 63.9 Å².